The molecule has 0 N–H and O–H groups in total. The van der Waals surface area contributed by atoms with Gasteiger partial charge in [-0.1, -0.05) is 53.5 Å². The fourth-order valence-corrected chi connectivity index (χ4v) is 2.63. The molecule has 0 saturated heterocycles. The molecule has 0 aliphatic carbocycles. The largest absolute Gasteiger partial charge is 0.345 e. The summed E-state index contributed by atoms with van der Waals surface area (Å²) in [5.41, 5.74) is 2.21. The van der Waals surface area contributed by atoms with Crippen molar-refractivity contribution in [2.24, 2.45) is 0 Å². The Morgan fingerprint density at radius 2 is 1.62 bits per heavy atom. The second-order valence-electron chi connectivity index (χ2n) is 4.66. The van der Waals surface area contributed by atoms with Crippen molar-refractivity contribution in [3.63, 3.8) is 0 Å². The van der Waals surface area contributed by atoms with Gasteiger partial charge in [0.05, 0.1) is 5.69 Å². The summed E-state index contributed by atoms with van der Waals surface area (Å²) in [5, 5.41) is 0.696. The van der Waals surface area contributed by atoms with E-state index in [4.69, 9.17) is 23.2 Å². The van der Waals surface area contributed by atoms with Gasteiger partial charge >= 0.3 is 0 Å². The lowest BCUT2D eigenvalue weighted by atomic mass is 10.1. The van der Waals surface area contributed by atoms with Crippen LogP contribution in [0, 0.1) is 0 Å². The van der Waals surface area contributed by atoms with Gasteiger partial charge in [-0.05, 0) is 24.1 Å². The van der Waals surface area contributed by atoms with Crippen molar-refractivity contribution >= 4 is 23.2 Å². The summed E-state index contributed by atoms with van der Waals surface area (Å²) in [6, 6.07) is 15.8. The first-order chi connectivity index (χ1) is 10.2. The van der Waals surface area contributed by atoms with Crippen LogP contribution in [-0.2, 0) is 13.0 Å². The molecule has 0 saturated carbocycles. The van der Waals surface area contributed by atoms with E-state index in [1.54, 1.807) is 0 Å². The standard InChI is InChI=1S/C16H13Cl2N3/c17-14-11-15(18)20-16(19-14)13-7-4-9-21(13)10-8-12-5-2-1-3-6-12/h1-7,9,11H,8,10H2. The number of nitrogens with zero attached hydrogens (tertiary/aromatic N) is 3. The summed E-state index contributed by atoms with van der Waals surface area (Å²) in [4.78, 5) is 8.48. The van der Waals surface area contributed by atoms with Gasteiger partial charge in [0.1, 0.15) is 10.3 Å². The van der Waals surface area contributed by atoms with Crippen LogP contribution in [0.25, 0.3) is 11.5 Å². The van der Waals surface area contributed by atoms with E-state index in [-0.39, 0.29) is 0 Å². The first-order valence-electron chi connectivity index (χ1n) is 6.62. The van der Waals surface area contributed by atoms with Crippen LogP contribution in [0.1, 0.15) is 5.56 Å². The lowest BCUT2D eigenvalue weighted by molar-refractivity contribution is 0.704. The molecule has 2 heterocycles. The Labute approximate surface area is 133 Å². The Morgan fingerprint density at radius 3 is 2.33 bits per heavy atom. The van der Waals surface area contributed by atoms with Crippen molar-refractivity contribution in [2.45, 2.75) is 13.0 Å². The molecule has 0 fully saturated rings. The van der Waals surface area contributed by atoms with Crippen molar-refractivity contribution in [2.75, 3.05) is 0 Å². The molecule has 2 aromatic heterocycles. The van der Waals surface area contributed by atoms with E-state index in [1.807, 2.05) is 36.5 Å². The molecule has 0 spiro atoms. The molecule has 0 aliphatic rings. The van der Waals surface area contributed by atoms with Crippen LogP contribution < -0.4 is 0 Å². The fourth-order valence-electron chi connectivity index (χ4n) is 2.21. The monoisotopic (exact) mass is 317 g/mol. The summed E-state index contributed by atoms with van der Waals surface area (Å²) in [5.74, 6) is 0.547. The summed E-state index contributed by atoms with van der Waals surface area (Å²) >= 11 is 11.9. The van der Waals surface area contributed by atoms with Gasteiger partial charge in [0, 0.05) is 18.8 Å². The molecule has 21 heavy (non-hydrogen) atoms. The zero-order chi connectivity index (χ0) is 14.7. The third-order valence-electron chi connectivity index (χ3n) is 3.21. The average molecular weight is 318 g/mol. The number of aryl methyl sites for hydroxylation is 2. The van der Waals surface area contributed by atoms with E-state index in [9.17, 15) is 0 Å². The van der Waals surface area contributed by atoms with E-state index in [0.29, 0.717) is 16.1 Å². The van der Waals surface area contributed by atoms with Gasteiger partial charge in [-0.15, -0.1) is 0 Å². The van der Waals surface area contributed by atoms with Crippen LogP contribution in [0.2, 0.25) is 10.3 Å². The van der Waals surface area contributed by atoms with Crippen molar-refractivity contribution in [3.05, 3.63) is 70.6 Å². The second-order valence-corrected chi connectivity index (χ2v) is 5.43. The quantitative estimate of drug-likeness (QED) is 0.663. The normalized spacial score (nSPS) is 10.8. The van der Waals surface area contributed by atoms with Gasteiger partial charge in [-0.2, -0.15) is 0 Å². The minimum Gasteiger partial charge on any atom is -0.345 e. The Bertz CT molecular complexity index is 718. The van der Waals surface area contributed by atoms with Crippen molar-refractivity contribution in [3.8, 4) is 11.5 Å². The maximum atomic E-state index is 5.95. The zero-order valence-corrected chi connectivity index (χ0v) is 12.7. The fraction of sp³-hybridized carbons (Fsp3) is 0.125. The smallest absolute Gasteiger partial charge is 0.179 e. The molecule has 3 rings (SSSR count). The van der Waals surface area contributed by atoms with Crippen LogP contribution in [-0.4, -0.2) is 14.5 Å². The molecule has 0 amide bonds. The highest BCUT2D eigenvalue weighted by Gasteiger charge is 2.09. The van der Waals surface area contributed by atoms with Gasteiger partial charge in [-0.3, -0.25) is 0 Å². The van der Waals surface area contributed by atoms with Crippen molar-refractivity contribution < 1.29 is 0 Å². The minimum absolute atomic E-state index is 0.348. The molecule has 0 atom stereocenters. The van der Waals surface area contributed by atoms with Crippen LogP contribution in [0.3, 0.4) is 0 Å². The number of hydrogen-bond donors (Lipinski definition) is 0. The summed E-state index contributed by atoms with van der Waals surface area (Å²) in [6.07, 6.45) is 2.95. The lowest BCUT2D eigenvalue weighted by Gasteiger charge is -2.09. The highest BCUT2D eigenvalue weighted by Crippen LogP contribution is 2.21. The van der Waals surface area contributed by atoms with Crippen molar-refractivity contribution in [1.82, 2.24) is 14.5 Å². The summed E-state index contributed by atoms with van der Waals surface area (Å²) in [7, 11) is 0. The molecular formula is C16H13Cl2N3. The van der Waals surface area contributed by atoms with E-state index >= 15 is 0 Å². The third-order valence-corrected chi connectivity index (χ3v) is 3.59. The third kappa shape index (κ3) is 3.43. The first-order valence-corrected chi connectivity index (χ1v) is 7.37. The molecule has 0 unspecified atom stereocenters. The van der Waals surface area contributed by atoms with Crippen LogP contribution >= 0.6 is 23.2 Å². The Balaban J connectivity index is 1.84. The highest BCUT2D eigenvalue weighted by molar-refractivity contribution is 6.33. The molecule has 3 aromatic rings. The molecular weight excluding hydrogens is 305 g/mol. The molecule has 5 heteroatoms. The van der Waals surface area contributed by atoms with E-state index < -0.39 is 0 Å². The van der Waals surface area contributed by atoms with Gasteiger partial charge in [-0.25, -0.2) is 9.97 Å². The summed E-state index contributed by atoms with van der Waals surface area (Å²) < 4.78 is 2.11. The average Bonchev–Trinajstić information content (AvgIpc) is 2.93. The number of rotatable bonds is 4. The van der Waals surface area contributed by atoms with Crippen LogP contribution in [0.15, 0.2) is 54.7 Å². The van der Waals surface area contributed by atoms with E-state index in [0.717, 1.165) is 18.7 Å². The Hall–Kier alpha value is -1.84. The molecule has 0 bridgehead atoms. The first kappa shape index (κ1) is 14.1. The lowest BCUT2D eigenvalue weighted by Crippen LogP contribution is -2.03. The topological polar surface area (TPSA) is 30.7 Å². The predicted molar refractivity (Wildman–Crippen MR) is 85.6 cm³/mol. The van der Waals surface area contributed by atoms with E-state index in [1.165, 1.54) is 11.6 Å². The minimum atomic E-state index is 0.348. The zero-order valence-electron chi connectivity index (χ0n) is 11.2. The molecule has 0 radical (unpaired) electrons. The van der Waals surface area contributed by atoms with Gasteiger partial charge in [0.2, 0.25) is 0 Å². The number of hydrogen-bond acceptors (Lipinski definition) is 2. The Morgan fingerprint density at radius 1 is 0.905 bits per heavy atom. The molecule has 0 aliphatic heterocycles. The molecule has 106 valence electrons. The summed E-state index contributed by atoms with van der Waals surface area (Å²) in [6.45, 7) is 0.847. The van der Waals surface area contributed by atoms with Gasteiger partial charge < -0.3 is 4.57 Å². The number of aromatic nitrogens is 3. The van der Waals surface area contributed by atoms with Gasteiger partial charge in [0.25, 0.3) is 0 Å². The molecule has 3 nitrogen and oxygen atoms in total. The van der Waals surface area contributed by atoms with Crippen LogP contribution in [0.4, 0.5) is 0 Å². The van der Waals surface area contributed by atoms with Crippen LogP contribution in [0.5, 0.6) is 0 Å². The van der Waals surface area contributed by atoms with Crippen molar-refractivity contribution in [1.29, 1.82) is 0 Å². The number of halogens is 2. The maximum Gasteiger partial charge on any atom is 0.179 e. The van der Waals surface area contributed by atoms with Gasteiger partial charge in [0.15, 0.2) is 5.82 Å². The highest BCUT2D eigenvalue weighted by atomic mass is 35.5. The SMILES string of the molecule is Clc1cc(Cl)nc(-c2cccn2CCc2ccccc2)n1. The van der Waals surface area contributed by atoms with E-state index in [2.05, 4.69) is 26.7 Å². The maximum absolute atomic E-state index is 5.95. The molecule has 1 aromatic carbocycles. The number of benzene rings is 1. The predicted octanol–water partition coefficient (Wildman–Crippen LogP) is 4.49. The second kappa shape index (κ2) is 6.29. The Kier molecular flexibility index (Phi) is 4.23.